The minimum absolute atomic E-state index is 0.500. The van der Waals surface area contributed by atoms with Gasteiger partial charge in [-0.3, -0.25) is 4.90 Å². The SMILES string of the molecule is CCC(CC)C(CN)N(C)CCOC. The van der Waals surface area contributed by atoms with E-state index in [1.165, 1.54) is 12.8 Å². The smallest absolute Gasteiger partial charge is 0.0589 e. The van der Waals surface area contributed by atoms with E-state index in [2.05, 4.69) is 25.8 Å². The first-order valence-corrected chi connectivity index (χ1v) is 5.60. The van der Waals surface area contributed by atoms with Crippen molar-refractivity contribution in [2.45, 2.75) is 32.7 Å². The van der Waals surface area contributed by atoms with Crippen molar-refractivity contribution in [3.8, 4) is 0 Å². The molecule has 86 valence electrons. The van der Waals surface area contributed by atoms with Gasteiger partial charge in [0.15, 0.2) is 0 Å². The molecule has 0 aromatic rings. The van der Waals surface area contributed by atoms with Crippen molar-refractivity contribution >= 4 is 0 Å². The van der Waals surface area contributed by atoms with Crippen molar-refractivity contribution in [3.63, 3.8) is 0 Å². The van der Waals surface area contributed by atoms with E-state index >= 15 is 0 Å². The molecule has 0 bridgehead atoms. The van der Waals surface area contributed by atoms with Crippen LogP contribution in [0.25, 0.3) is 0 Å². The quantitative estimate of drug-likeness (QED) is 0.645. The zero-order valence-corrected chi connectivity index (χ0v) is 10.1. The normalized spacial score (nSPS) is 13.9. The molecule has 0 saturated heterocycles. The molecule has 0 heterocycles. The highest BCUT2D eigenvalue weighted by molar-refractivity contribution is 4.76. The van der Waals surface area contributed by atoms with Crippen LogP contribution in [0, 0.1) is 5.92 Å². The fourth-order valence-corrected chi connectivity index (χ4v) is 1.97. The fraction of sp³-hybridized carbons (Fsp3) is 1.00. The van der Waals surface area contributed by atoms with E-state index in [0.29, 0.717) is 12.0 Å². The Kier molecular flexibility index (Phi) is 8.14. The second kappa shape index (κ2) is 8.21. The van der Waals surface area contributed by atoms with Crippen LogP contribution in [0.4, 0.5) is 0 Å². The summed E-state index contributed by atoms with van der Waals surface area (Å²) in [6.07, 6.45) is 2.41. The van der Waals surface area contributed by atoms with Crippen molar-refractivity contribution in [2.24, 2.45) is 11.7 Å². The molecule has 2 N–H and O–H groups in total. The van der Waals surface area contributed by atoms with Gasteiger partial charge in [-0.05, 0) is 13.0 Å². The average molecular weight is 202 g/mol. The molecule has 0 aliphatic heterocycles. The zero-order chi connectivity index (χ0) is 11.0. The van der Waals surface area contributed by atoms with Crippen LogP contribution in [0.1, 0.15) is 26.7 Å². The average Bonchev–Trinajstić information content (AvgIpc) is 2.22. The third-order valence-electron chi connectivity index (χ3n) is 3.05. The molecule has 0 aromatic heterocycles. The minimum Gasteiger partial charge on any atom is -0.383 e. The van der Waals surface area contributed by atoms with Gasteiger partial charge in [0.1, 0.15) is 0 Å². The van der Waals surface area contributed by atoms with E-state index in [0.717, 1.165) is 19.7 Å². The molecule has 0 aliphatic rings. The lowest BCUT2D eigenvalue weighted by Gasteiger charge is -2.32. The molecule has 3 heteroatoms. The number of hydrogen-bond donors (Lipinski definition) is 1. The van der Waals surface area contributed by atoms with Crippen LogP contribution in [0.3, 0.4) is 0 Å². The fourth-order valence-electron chi connectivity index (χ4n) is 1.97. The third kappa shape index (κ3) is 4.40. The first-order chi connectivity index (χ1) is 6.71. The van der Waals surface area contributed by atoms with Crippen LogP contribution in [0.15, 0.2) is 0 Å². The first-order valence-electron chi connectivity index (χ1n) is 5.60. The van der Waals surface area contributed by atoms with Gasteiger partial charge in [0.05, 0.1) is 6.61 Å². The molecule has 0 rings (SSSR count). The molecule has 0 spiro atoms. The first kappa shape index (κ1) is 13.9. The number of hydrogen-bond acceptors (Lipinski definition) is 3. The van der Waals surface area contributed by atoms with Gasteiger partial charge in [0.2, 0.25) is 0 Å². The van der Waals surface area contributed by atoms with E-state index < -0.39 is 0 Å². The second-order valence-corrected chi connectivity index (χ2v) is 3.85. The lowest BCUT2D eigenvalue weighted by atomic mass is 9.93. The third-order valence-corrected chi connectivity index (χ3v) is 3.05. The van der Waals surface area contributed by atoms with Crippen LogP contribution in [-0.4, -0.2) is 44.8 Å². The van der Waals surface area contributed by atoms with Crippen molar-refractivity contribution in [3.05, 3.63) is 0 Å². The standard InChI is InChI=1S/C11H26N2O/c1-5-10(6-2)11(9-12)13(3)7-8-14-4/h10-11H,5-9,12H2,1-4H3. The molecule has 3 nitrogen and oxygen atoms in total. The van der Waals surface area contributed by atoms with E-state index in [-0.39, 0.29) is 0 Å². The molecule has 0 amide bonds. The van der Waals surface area contributed by atoms with Crippen molar-refractivity contribution in [1.82, 2.24) is 4.90 Å². The van der Waals surface area contributed by atoms with Crippen molar-refractivity contribution < 1.29 is 4.74 Å². The highest BCUT2D eigenvalue weighted by Crippen LogP contribution is 2.16. The summed E-state index contributed by atoms with van der Waals surface area (Å²) in [5, 5.41) is 0. The van der Waals surface area contributed by atoms with Crippen molar-refractivity contribution in [2.75, 3.05) is 33.9 Å². The second-order valence-electron chi connectivity index (χ2n) is 3.85. The maximum atomic E-state index is 5.81. The van der Waals surface area contributed by atoms with Gasteiger partial charge in [-0.15, -0.1) is 0 Å². The lowest BCUT2D eigenvalue weighted by Crippen LogP contribution is -2.44. The highest BCUT2D eigenvalue weighted by Gasteiger charge is 2.20. The summed E-state index contributed by atoms with van der Waals surface area (Å²) < 4.78 is 5.07. The molecule has 0 saturated carbocycles. The predicted molar refractivity (Wildman–Crippen MR) is 61.4 cm³/mol. The van der Waals surface area contributed by atoms with Crippen LogP contribution in [0.5, 0.6) is 0 Å². The number of ether oxygens (including phenoxy) is 1. The van der Waals surface area contributed by atoms with Crippen LogP contribution < -0.4 is 5.73 Å². The van der Waals surface area contributed by atoms with Crippen LogP contribution in [-0.2, 0) is 4.74 Å². The Bertz CT molecular complexity index is 126. The van der Waals surface area contributed by atoms with Crippen LogP contribution >= 0.6 is 0 Å². The molecule has 14 heavy (non-hydrogen) atoms. The number of likely N-dealkylation sites (N-methyl/N-ethyl adjacent to an activating group) is 1. The van der Waals surface area contributed by atoms with Crippen LogP contribution in [0.2, 0.25) is 0 Å². The van der Waals surface area contributed by atoms with Gasteiger partial charge in [-0.2, -0.15) is 0 Å². The summed E-state index contributed by atoms with van der Waals surface area (Å²) in [7, 11) is 3.87. The molecule has 0 aromatic carbocycles. The number of nitrogens with zero attached hydrogens (tertiary/aromatic N) is 1. The number of nitrogens with two attached hydrogens (primary N) is 1. The molecular weight excluding hydrogens is 176 g/mol. The topological polar surface area (TPSA) is 38.5 Å². The van der Waals surface area contributed by atoms with Gasteiger partial charge in [-0.25, -0.2) is 0 Å². The predicted octanol–water partition coefficient (Wildman–Crippen LogP) is 1.33. The minimum atomic E-state index is 0.500. The lowest BCUT2D eigenvalue weighted by molar-refractivity contribution is 0.114. The molecule has 0 fully saturated rings. The number of methoxy groups -OCH3 is 1. The summed E-state index contributed by atoms with van der Waals surface area (Å²) in [5.41, 5.74) is 5.81. The monoisotopic (exact) mass is 202 g/mol. The van der Waals surface area contributed by atoms with Gasteiger partial charge in [-0.1, -0.05) is 26.7 Å². The molecule has 0 radical (unpaired) electrons. The van der Waals surface area contributed by atoms with Gasteiger partial charge < -0.3 is 10.5 Å². The van der Waals surface area contributed by atoms with E-state index in [4.69, 9.17) is 10.5 Å². The summed E-state index contributed by atoms with van der Waals surface area (Å²) in [6.45, 7) is 6.97. The Morgan fingerprint density at radius 1 is 1.29 bits per heavy atom. The molecule has 1 unspecified atom stereocenters. The van der Waals surface area contributed by atoms with Gasteiger partial charge >= 0.3 is 0 Å². The molecule has 1 atom stereocenters. The maximum absolute atomic E-state index is 5.81. The summed E-state index contributed by atoms with van der Waals surface area (Å²) in [4.78, 5) is 2.32. The van der Waals surface area contributed by atoms with E-state index in [9.17, 15) is 0 Å². The summed E-state index contributed by atoms with van der Waals surface area (Å²) in [5.74, 6) is 0.710. The number of rotatable bonds is 8. The summed E-state index contributed by atoms with van der Waals surface area (Å²) >= 11 is 0. The van der Waals surface area contributed by atoms with Gasteiger partial charge in [0.25, 0.3) is 0 Å². The van der Waals surface area contributed by atoms with Gasteiger partial charge in [0, 0.05) is 26.2 Å². The van der Waals surface area contributed by atoms with E-state index in [1.54, 1.807) is 7.11 Å². The Morgan fingerprint density at radius 2 is 1.86 bits per heavy atom. The Hall–Kier alpha value is -0.120. The van der Waals surface area contributed by atoms with E-state index in [1.807, 2.05) is 0 Å². The Morgan fingerprint density at radius 3 is 2.21 bits per heavy atom. The summed E-state index contributed by atoms with van der Waals surface area (Å²) in [6, 6.07) is 0.500. The maximum Gasteiger partial charge on any atom is 0.0589 e. The Labute approximate surface area is 88.6 Å². The Balaban J connectivity index is 4.07. The largest absolute Gasteiger partial charge is 0.383 e. The van der Waals surface area contributed by atoms with Crippen molar-refractivity contribution in [1.29, 1.82) is 0 Å². The highest BCUT2D eigenvalue weighted by atomic mass is 16.5. The molecular formula is C11H26N2O. The zero-order valence-electron chi connectivity index (χ0n) is 10.1. The molecule has 0 aliphatic carbocycles.